The molecule has 9 heavy (non-hydrogen) atoms. The zero-order valence-electron chi connectivity index (χ0n) is 4.74. The lowest BCUT2D eigenvalue weighted by Gasteiger charge is -1.89. The van der Waals surface area contributed by atoms with E-state index in [-0.39, 0.29) is 5.82 Å². The first-order valence-electron chi connectivity index (χ1n) is 2.25. The van der Waals surface area contributed by atoms with Gasteiger partial charge in [0.05, 0.1) is 7.05 Å². The van der Waals surface area contributed by atoms with Crippen LogP contribution in [0.15, 0.2) is 6.20 Å². The van der Waals surface area contributed by atoms with Crippen LogP contribution in [0.4, 0.5) is 5.82 Å². The fraction of sp³-hybridized carbons (Fsp3) is 0.250. The van der Waals surface area contributed by atoms with E-state index in [0.717, 1.165) is 6.20 Å². The summed E-state index contributed by atoms with van der Waals surface area (Å²) in [4.78, 5) is 12.9. The number of aromatic nitrogens is 2. The summed E-state index contributed by atoms with van der Waals surface area (Å²) < 4.78 is 1.22. The molecule has 0 saturated heterocycles. The summed E-state index contributed by atoms with van der Waals surface area (Å²) in [6, 6.07) is 0. The van der Waals surface area contributed by atoms with E-state index in [1.165, 1.54) is 11.6 Å². The average Bonchev–Trinajstić information content (AvgIpc) is 2.13. The lowest BCUT2D eigenvalue weighted by Crippen LogP contribution is -1.94. The maximum absolute atomic E-state index is 10.0. The van der Waals surface area contributed by atoms with Crippen LogP contribution in [0.25, 0.3) is 0 Å². The summed E-state index contributed by atoms with van der Waals surface area (Å²) in [7, 11) is 1.52. The normalized spacial score (nSPS) is 9.44. The quantitative estimate of drug-likeness (QED) is 0.397. The number of imidazole rings is 1. The van der Waals surface area contributed by atoms with Crippen molar-refractivity contribution in [1.82, 2.24) is 9.55 Å². The third-order valence-corrected chi connectivity index (χ3v) is 0.918. The van der Waals surface area contributed by atoms with E-state index in [2.05, 4.69) is 11.3 Å². The van der Waals surface area contributed by atoms with Gasteiger partial charge in [-0.1, -0.05) is 0 Å². The zero-order chi connectivity index (χ0) is 6.85. The summed E-state index contributed by atoms with van der Waals surface area (Å²) in [5.74, 6) is -0.0463. The molecule has 0 amide bonds. The van der Waals surface area contributed by atoms with E-state index in [1.807, 2.05) is 0 Å². The summed E-state index contributed by atoms with van der Waals surface area (Å²) in [6.07, 6.45) is 3.53. The summed E-state index contributed by atoms with van der Waals surface area (Å²) in [5.41, 5.74) is 0. The molecule has 0 aliphatic rings. The molecule has 0 bridgehead atoms. The molecule has 47 valence electrons. The van der Waals surface area contributed by atoms with Gasteiger partial charge in [-0.05, 0) is 4.92 Å². The highest BCUT2D eigenvalue weighted by Crippen LogP contribution is 2.04. The number of hydrogen-bond donors (Lipinski definition) is 0. The van der Waals surface area contributed by atoms with Crippen LogP contribution in [-0.2, 0) is 7.05 Å². The van der Waals surface area contributed by atoms with E-state index in [9.17, 15) is 10.1 Å². The third kappa shape index (κ3) is 0.883. The molecule has 1 rings (SSSR count). The highest BCUT2D eigenvalue weighted by atomic mass is 16.6. The largest absolute Gasteiger partial charge is 0.358 e. The molecule has 1 aromatic heterocycles. The van der Waals surface area contributed by atoms with Gasteiger partial charge in [-0.25, -0.2) is 9.55 Å². The molecule has 0 N–H and O–H groups in total. The molecule has 0 unspecified atom stereocenters. The van der Waals surface area contributed by atoms with Gasteiger partial charge in [-0.15, -0.1) is 0 Å². The van der Waals surface area contributed by atoms with Gasteiger partial charge < -0.3 is 10.1 Å². The molecular formula is C4H4N3O2. The van der Waals surface area contributed by atoms with Crippen molar-refractivity contribution in [2.45, 2.75) is 0 Å². The predicted octanol–water partition coefficient (Wildman–Crippen LogP) is 0.128. The molecule has 5 heteroatoms. The van der Waals surface area contributed by atoms with E-state index >= 15 is 0 Å². The Bertz CT molecular complexity index is 229. The first-order valence-corrected chi connectivity index (χ1v) is 2.25. The Morgan fingerprint density at radius 1 is 2.00 bits per heavy atom. The van der Waals surface area contributed by atoms with Gasteiger partial charge in [0.2, 0.25) is 0 Å². The summed E-state index contributed by atoms with van der Waals surface area (Å²) in [6.45, 7) is 0. The van der Waals surface area contributed by atoms with E-state index in [1.54, 1.807) is 0 Å². The lowest BCUT2D eigenvalue weighted by molar-refractivity contribution is -0.391. The van der Waals surface area contributed by atoms with Crippen molar-refractivity contribution in [2.75, 3.05) is 0 Å². The van der Waals surface area contributed by atoms with Gasteiger partial charge in [0.1, 0.15) is 6.20 Å². The molecular weight excluding hydrogens is 122 g/mol. The monoisotopic (exact) mass is 126 g/mol. The minimum absolute atomic E-state index is 0.0463. The van der Waals surface area contributed by atoms with E-state index < -0.39 is 4.92 Å². The van der Waals surface area contributed by atoms with Crippen LogP contribution in [0.5, 0.6) is 0 Å². The van der Waals surface area contributed by atoms with Crippen molar-refractivity contribution >= 4 is 5.82 Å². The lowest BCUT2D eigenvalue weighted by atomic mass is 10.8. The second kappa shape index (κ2) is 1.85. The van der Waals surface area contributed by atoms with E-state index in [4.69, 9.17) is 0 Å². The summed E-state index contributed by atoms with van der Waals surface area (Å²) >= 11 is 0. The first kappa shape index (κ1) is 5.74. The van der Waals surface area contributed by atoms with Crippen LogP contribution in [0.1, 0.15) is 0 Å². The van der Waals surface area contributed by atoms with Crippen molar-refractivity contribution in [2.24, 2.45) is 7.05 Å². The van der Waals surface area contributed by atoms with Crippen LogP contribution in [0.3, 0.4) is 0 Å². The molecule has 0 aliphatic carbocycles. The average molecular weight is 126 g/mol. The van der Waals surface area contributed by atoms with Crippen molar-refractivity contribution in [3.8, 4) is 0 Å². The molecule has 5 nitrogen and oxygen atoms in total. The van der Waals surface area contributed by atoms with Crippen LogP contribution in [0, 0.1) is 16.4 Å². The number of rotatable bonds is 1. The Morgan fingerprint density at radius 2 is 2.67 bits per heavy atom. The minimum atomic E-state index is -0.510. The van der Waals surface area contributed by atoms with Crippen LogP contribution in [-0.4, -0.2) is 14.5 Å². The highest BCUT2D eigenvalue weighted by Gasteiger charge is 2.07. The molecule has 0 aliphatic heterocycles. The molecule has 0 atom stereocenters. The molecule has 1 radical (unpaired) electrons. The van der Waals surface area contributed by atoms with Gasteiger partial charge in [-0.2, -0.15) is 0 Å². The molecule has 0 aromatic carbocycles. The number of nitrogens with zero attached hydrogens (tertiary/aromatic N) is 3. The van der Waals surface area contributed by atoms with E-state index in [0.29, 0.717) is 0 Å². The Morgan fingerprint density at radius 3 is 2.89 bits per heavy atom. The number of nitro groups is 1. The van der Waals surface area contributed by atoms with Gasteiger partial charge in [0.25, 0.3) is 6.33 Å². The predicted molar refractivity (Wildman–Crippen MR) is 28.7 cm³/mol. The van der Waals surface area contributed by atoms with Crippen molar-refractivity contribution in [1.29, 1.82) is 0 Å². The maximum atomic E-state index is 10.0. The molecule has 0 saturated carbocycles. The Labute approximate surface area is 51.1 Å². The second-order valence-electron chi connectivity index (χ2n) is 1.53. The number of hydrogen-bond acceptors (Lipinski definition) is 3. The smallest absolute Gasteiger partial charge is 0.343 e. The maximum Gasteiger partial charge on any atom is 0.343 e. The molecule has 1 aromatic rings. The minimum Gasteiger partial charge on any atom is -0.358 e. The Balaban J connectivity index is 3.08. The van der Waals surface area contributed by atoms with Gasteiger partial charge in [0.15, 0.2) is 0 Å². The van der Waals surface area contributed by atoms with Crippen LogP contribution in [0.2, 0.25) is 0 Å². The second-order valence-corrected chi connectivity index (χ2v) is 1.53. The Hall–Kier alpha value is -1.39. The topological polar surface area (TPSA) is 61.0 Å². The number of aryl methyl sites for hydroxylation is 1. The first-order chi connectivity index (χ1) is 4.22. The van der Waals surface area contributed by atoms with Crippen LogP contribution >= 0.6 is 0 Å². The van der Waals surface area contributed by atoms with Crippen LogP contribution < -0.4 is 0 Å². The van der Waals surface area contributed by atoms with Crippen molar-refractivity contribution in [3.05, 3.63) is 22.6 Å². The molecule has 0 fully saturated rings. The van der Waals surface area contributed by atoms with Crippen molar-refractivity contribution in [3.63, 3.8) is 0 Å². The standard InChI is InChI=1S/C4H4N3O2/c1-6-3-5-2-4(6)7(8)9/h2H,1H3. The van der Waals surface area contributed by atoms with Gasteiger partial charge >= 0.3 is 5.82 Å². The fourth-order valence-electron chi connectivity index (χ4n) is 0.481. The van der Waals surface area contributed by atoms with Gasteiger partial charge in [-0.3, -0.25) is 0 Å². The SMILES string of the molecule is Cn1[c]ncc1[N+](=O)[O-]. The fourth-order valence-corrected chi connectivity index (χ4v) is 0.481. The highest BCUT2D eigenvalue weighted by molar-refractivity contribution is 5.12. The Kier molecular flexibility index (Phi) is 1.18. The molecule has 1 heterocycles. The molecule has 0 spiro atoms. The summed E-state index contributed by atoms with van der Waals surface area (Å²) in [5, 5.41) is 10.0. The van der Waals surface area contributed by atoms with Gasteiger partial charge in [0, 0.05) is 0 Å². The third-order valence-electron chi connectivity index (χ3n) is 0.918. The van der Waals surface area contributed by atoms with Crippen molar-refractivity contribution < 1.29 is 4.92 Å². The zero-order valence-corrected chi connectivity index (χ0v) is 4.74.